The normalized spacial score (nSPS) is 18.9. The number of para-hydroxylation sites is 2. The fraction of sp³-hybridized carbons (Fsp3) is 0.294. The molecule has 0 amide bonds. The molecule has 0 unspecified atom stereocenters. The Morgan fingerprint density at radius 1 is 0.900 bits per heavy atom. The molecule has 1 atom stereocenters. The van der Waals surface area contributed by atoms with E-state index in [9.17, 15) is 0 Å². The van der Waals surface area contributed by atoms with Gasteiger partial charge in [0.15, 0.2) is 6.23 Å². The van der Waals surface area contributed by atoms with Gasteiger partial charge in [-0.05, 0) is 37.1 Å². The molecule has 1 aliphatic heterocycles. The van der Waals surface area contributed by atoms with E-state index in [0.717, 1.165) is 30.9 Å². The SMILES string of the molecule is c1ccc(OCN2CCC[C@@H]2Oc2ccccc2)cc1. The van der Waals surface area contributed by atoms with E-state index in [-0.39, 0.29) is 6.23 Å². The number of hydrogen-bond donors (Lipinski definition) is 0. The Bertz CT molecular complexity index is 515. The van der Waals surface area contributed by atoms with Crippen LogP contribution in [0.15, 0.2) is 60.7 Å². The molecule has 0 bridgehead atoms. The third-order valence-electron chi connectivity index (χ3n) is 3.46. The maximum Gasteiger partial charge on any atom is 0.155 e. The predicted molar refractivity (Wildman–Crippen MR) is 78.7 cm³/mol. The first-order valence-electron chi connectivity index (χ1n) is 7.05. The fourth-order valence-corrected chi connectivity index (χ4v) is 2.41. The highest BCUT2D eigenvalue weighted by Crippen LogP contribution is 2.22. The lowest BCUT2D eigenvalue weighted by Gasteiger charge is -2.25. The molecule has 20 heavy (non-hydrogen) atoms. The predicted octanol–water partition coefficient (Wildman–Crippen LogP) is 3.52. The van der Waals surface area contributed by atoms with Crippen molar-refractivity contribution in [3.05, 3.63) is 60.7 Å². The third-order valence-corrected chi connectivity index (χ3v) is 3.46. The summed E-state index contributed by atoms with van der Waals surface area (Å²) in [5, 5.41) is 0. The van der Waals surface area contributed by atoms with Crippen LogP contribution in [0.4, 0.5) is 0 Å². The van der Waals surface area contributed by atoms with Gasteiger partial charge in [0.05, 0.1) is 0 Å². The molecule has 1 fully saturated rings. The summed E-state index contributed by atoms with van der Waals surface area (Å²) >= 11 is 0. The smallest absolute Gasteiger partial charge is 0.155 e. The van der Waals surface area contributed by atoms with Crippen LogP contribution in [0.25, 0.3) is 0 Å². The highest BCUT2D eigenvalue weighted by atomic mass is 16.5. The van der Waals surface area contributed by atoms with E-state index in [4.69, 9.17) is 9.47 Å². The molecule has 1 saturated heterocycles. The van der Waals surface area contributed by atoms with Crippen LogP contribution in [-0.4, -0.2) is 24.4 Å². The van der Waals surface area contributed by atoms with E-state index in [1.165, 1.54) is 0 Å². The van der Waals surface area contributed by atoms with Crippen molar-refractivity contribution in [2.24, 2.45) is 0 Å². The summed E-state index contributed by atoms with van der Waals surface area (Å²) in [6.45, 7) is 1.59. The second-order valence-electron chi connectivity index (χ2n) is 4.93. The van der Waals surface area contributed by atoms with Crippen LogP contribution in [-0.2, 0) is 0 Å². The van der Waals surface area contributed by atoms with Crippen molar-refractivity contribution in [3.63, 3.8) is 0 Å². The number of likely N-dealkylation sites (tertiary alicyclic amines) is 1. The highest BCUT2D eigenvalue weighted by Gasteiger charge is 2.26. The molecule has 3 rings (SSSR count). The Morgan fingerprint density at radius 2 is 1.55 bits per heavy atom. The number of hydrogen-bond acceptors (Lipinski definition) is 3. The first kappa shape index (κ1) is 13.0. The van der Waals surface area contributed by atoms with Crippen LogP contribution < -0.4 is 9.47 Å². The zero-order valence-corrected chi connectivity index (χ0v) is 11.4. The summed E-state index contributed by atoms with van der Waals surface area (Å²) in [6.07, 6.45) is 2.31. The monoisotopic (exact) mass is 269 g/mol. The van der Waals surface area contributed by atoms with E-state index < -0.39 is 0 Å². The molecular formula is C17H19NO2. The fourth-order valence-electron chi connectivity index (χ4n) is 2.41. The molecule has 104 valence electrons. The van der Waals surface area contributed by atoms with E-state index in [0.29, 0.717) is 6.73 Å². The van der Waals surface area contributed by atoms with Crippen LogP contribution in [0.2, 0.25) is 0 Å². The maximum absolute atomic E-state index is 6.02. The van der Waals surface area contributed by atoms with Gasteiger partial charge in [0.25, 0.3) is 0 Å². The number of nitrogens with zero attached hydrogens (tertiary/aromatic N) is 1. The Morgan fingerprint density at radius 3 is 2.25 bits per heavy atom. The molecule has 0 aliphatic carbocycles. The van der Waals surface area contributed by atoms with Crippen molar-refractivity contribution in [1.82, 2.24) is 4.90 Å². The molecule has 0 saturated carbocycles. The molecule has 1 aliphatic rings. The molecule has 1 heterocycles. The van der Waals surface area contributed by atoms with Gasteiger partial charge in [0.1, 0.15) is 18.2 Å². The lowest BCUT2D eigenvalue weighted by atomic mass is 10.3. The van der Waals surface area contributed by atoms with Gasteiger partial charge < -0.3 is 9.47 Å². The Kier molecular flexibility index (Phi) is 4.19. The molecule has 0 aromatic heterocycles. The zero-order chi connectivity index (χ0) is 13.6. The van der Waals surface area contributed by atoms with E-state index in [1.54, 1.807) is 0 Å². The van der Waals surface area contributed by atoms with Crippen molar-refractivity contribution in [2.75, 3.05) is 13.3 Å². The average molecular weight is 269 g/mol. The summed E-state index contributed by atoms with van der Waals surface area (Å²) in [6, 6.07) is 19.9. The van der Waals surface area contributed by atoms with E-state index in [2.05, 4.69) is 4.90 Å². The van der Waals surface area contributed by atoms with Gasteiger partial charge in [-0.25, -0.2) is 4.90 Å². The minimum Gasteiger partial charge on any atom is -0.478 e. The van der Waals surface area contributed by atoms with Gasteiger partial charge in [0.2, 0.25) is 0 Å². The van der Waals surface area contributed by atoms with Crippen molar-refractivity contribution in [2.45, 2.75) is 19.1 Å². The van der Waals surface area contributed by atoms with Gasteiger partial charge in [-0.15, -0.1) is 0 Å². The van der Waals surface area contributed by atoms with Crippen molar-refractivity contribution >= 4 is 0 Å². The van der Waals surface area contributed by atoms with Gasteiger partial charge in [0, 0.05) is 6.54 Å². The Balaban J connectivity index is 1.56. The molecular weight excluding hydrogens is 250 g/mol. The topological polar surface area (TPSA) is 21.7 Å². The number of rotatable bonds is 5. The lowest BCUT2D eigenvalue weighted by Crippen LogP contribution is -2.36. The molecule has 3 heteroatoms. The second kappa shape index (κ2) is 6.44. The zero-order valence-electron chi connectivity index (χ0n) is 11.4. The van der Waals surface area contributed by atoms with Crippen LogP contribution in [0.1, 0.15) is 12.8 Å². The quantitative estimate of drug-likeness (QED) is 0.829. The largest absolute Gasteiger partial charge is 0.478 e. The lowest BCUT2D eigenvalue weighted by molar-refractivity contribution is 0.0100. The van der Waals surface area contributed by atoms with Crippen molar-refractivity contribution in [1.29, 1.82) is 0 Å². The Hall–Kier alpha value is -2.00. The van der Waals surface area contributed by atoms with Crippen LogP contribution in [0.5, 0.6) is 11.5 Å². The van der Waals surface area contributed by atoms with Gasteiger partial charge >= 0.3 is 0 Å². The molecule has 2 aromatic rings. The summed E-state index contributed by atoms with van der Waals surface area (Å²) in [4.78, 5) is 2.24. The van der Waals surface area contributed by atoms with Gasteiger partial charge in [-0.1, -0.05) is 36.4 Å². The summed E-state index contributed by atoms with van der Waals surface area (Å²) in [5.41, 5.74) is 0. The maximum atomic E-state index is 6.02. The first-order valence-corrected chi connectivity index (χ1v) is 7.05. The molecule has 2 aromatic carbocycles. The van der Waals surface area contributed by atoms with Crippen LogP contribution >= 0.6 is 0 Å². The minimum absolute atomic E-state index is 0.112. The van der Waals surface area contributed by atoms with Gasteiger partial charge in [-0.2, -0.15) is 0 Å². The molecule has 0 radical (unpaired) electrons. The Labute approximate surface area is 119 Å². The van der Waals surface area contributed by atoms with Crippen LogP contribution in [0.3, 0.4) is 0 Å². The summed E-state index contributed by atoms with van der Waals surface area (Å²) < 4.78 is 11.8. The first-order chi connectivity index (χ1) is 9.92. The van der Waals surface area contributed by atoms with Crippen molar-refractivity contribution < 1.29 is 9.47 Å². The minimum atomic E-state index is 0.112. The van der Waals surface area contributed by atoms with Gasteiger partial charge in [-0.3, -0.25) is 0 Å². The highest BCUT2D eigenvalue weighted by molar-refractivity contribution is 5.22. The molecule has 3 nitrogen and oxygen atoms in total. The van der Waals surface area contributed by atoms with Crippen LogP contribution in [0, 0.1) is 0 Å². The number of ether oxygens (including phenoxy) is 2. The van der Waals surface area contributed by atoms with E-state index in [1.807, 2.05) is 60.7 Å². The molecule has 0 spiro atoms. The van der Waals surface area contributed by atoms with E-state index >= 15 is 0 Å². The standard InChI is InChI=1S/C17H19NO2/c1-3-8-15(9-4-1)19-14-18-13-7-12-17(18)20-16-10-5-2-6-11-16/h1-6,8-11,17H,7,12-14H2/t17-/m0/s1. The molecule has 0 N–H and O–H groups in total. The third kappa shape index (κ3) is 3.31. The second-order valence-corrected chi connectivity index (χ2v) is 4.93. The van der Waals surface area contributed by atoms with Crippen molar-refractivity contribution in [3.8, 4) is 11.5 Å². The summed E-state index contributed by atoms with van der Waals surface area (Å²) in [7, 11) is 0. The number of benzene rings is 2. The average Bonchev–Trinajstić information content (AvgIpc) is 2.94. The summed E-state index contributed by atoms with van der Waals surface area (Å²) in [5.74, 6) is 1.82.